The average Bonchev–Trinajstić information content (AvgIpc) is 3.21. The fourth-order valence-electron chi connectivity index (χ4n) is 2.76. The van der Waals surface area contributed by atoms with Gasteiger partial charge in [-0.25, -0.2) is 10.4 Å². The maximum absolute atomic E-state index is 12.2. The van der Waals surface area contributed by atoms with Crippen LogP contribution in [0.3, 0.4) is 0 Å². The van der Waals surface area contributed by atoms with Crippen LogP contribution in [0.4, 0.5) is 0 Å². The summed E-state index contributed by atoms with van der Waals surface area (Å²) in [5, 5.41) is 16.6. The van der Waals surface area contributed by atoms with E-state index in [9.17, 15) is 9.90 Å². The summed E-state index contributed by atoms with van der Waals surface area (Å²) in [5.41, 5.74) is 4.70. The average molecular weight is 488 g/mol. The minimum atomic E-state index is -0.469. The number of amides is 1. The van der Waals surface area contributed by atoms with E-state index < -0.39 is 5.91 Å². The van der Waals surface area contributed by atoms with E-state index >= 15 is 0 Å². The summed E-state index contributed by atoms with van der Waals surface area (Å²) in [6, 6.07) is 11.8. The van der Waals surface area contributed by atoms with Crippen LogP contribution in [0, 0.1) is 0 Å². The van der Waals surface area contributed by atoms with E-state index in [1.54, 1.807) is 47.0 Å². The Morgan fingerprint density at radius 2 is 2.00 bits per heavy atom. The van der Waals surface area contributed by atoms with Crippen molar-refractivity contribution < 1.29 is 14.6 Å². The number of thiazole rings is 1. The van der Waals surface area contributed by atoms with Gasteiger partial charge < -0.3 is 9.84 Å². The van der Waals surface area contributed by atoms with Crippen LogP contribution < -0.4 is 15.0 Å². The lowest BCUT2D eigenvalue weighted by molar-refractivity contribution is -0.123. The number of aromatic nitrogens is 3. The number of nitrogens with one attached hydrogen (secondary N) is 1. The van der Waals surface area contributed by atoms with Gasteiger partial charge >= 0.3 is 0 Å². The molecule has 0 aliphatic rings. The van der Waals surface area contributed by atoms with Crippen molar-refractivity contribution in [3.63, 3.8) is 0 Å². The fourth-order valence-corrected chi connectivity index (χ4v) is 4.11. The molecule has 2 N–H and O–H groups in total. The molecule has 0 bridgehead atoms. The van der Waals surface area contributed by atoms with Crippen molar-refractivity contribution in [3.8, 4) is 28.6 Å². The maximum atomic E-state index is 12.2. The van der Waals surface area contributed by atoms with E-state index in [0.717, 1.165) is 11.3 Å². The van der Waals surface area contributed by atoms with E-state index in [1.807, 2.05) is 5.38 Å². The Labute approximate surface area is 196 Å². The topological polar surface area (TPSA) is 102 Å². The van der Waals surface area contributed by atoms with E-state index in [1.165, 1.54) is 29.9 Å². The van der Waals surface area contributed by atoms with Gasteiger partial charge in [0.15, 0.2) is 6.61 Å². The van der Waals surface area contributed by atoms with E-state index in [-0.39, 0.29) is 18.2 Å². The number of phenolic OH excluding ortho intramolecular Hbond substituents is 1. The van der Waals surface area contributed by atoms with Crippen molar-refractivity contribution >= 4 is 40.4 Å². The zero-order valence-electron chi connectivity index (χ0n) is 16.3. The van der Waals surface area contributed by atoms with Crippen molar-refractivity contribution in [2.75, 3.05) is 6.61 Å². The number of phenols is 1. The van der Waals surface area contributed by atoms with E-state index in [4.69, 9.17) is 27.9 Å². The number of hydrogen-bond acceptors (Lipinski definition) is 7. The van der Waals surface area contributed by atoms with Crippen LogP contribution in [0.2, 0.25) is 10.0 Å². The Kier molecular flexibility index (Phi) is 6.69. The van der Waals surface area contributed by atoms with Gasteiger partial charge in [-0.05, 0) is 48.0 Å². The van der Waals surface area contributed by atoms with Crippen molar-refractivity contribution in [1.82, 2.24) is 20.0 Å². The van der Waals surface area contributed by atoms with Gasteiger partial charge in [0.1, 0.15) is 5.75 Å². The number of carbonyl (C=O) groups is 1. The highest BCUT2D eigenvalue weighted by molar-refractivity contribution is 7.07. The molecule has 2 aromatic carbocycles. The van der Waals surface area contributed by atoms with Crippen LogP contribution in [-0.4, -0.2) is 32.2 Å². The predicted molar refractivity (Wildman–Crippen MR) is 122 cm³/mol. The van der Waals surface area contributed by atoms with E-state index in [2.05, 4.69) is 20.5 Å². The Balaban J connectivity index is 1.67. The molecule has 0 aliphatic carbocycles. The van der Waals surface area contributed by atoms with Crippen molar-refractivity contribution in [3.05, 3.63) is 81.3 Å². The van der Waals surface area contributed by atoms with Crippen LogP contribution >= 0.6 is 34.5 Å². The fraction of sp³-hybridized carbons (Fsp3) is 0.0476. The third-order valence-electron chi connectivity index (χ3n) is 4.19. The lowest BCUT2D eigenvalue weighted by Gasteiger charge is -2.11. The van der Waals surface area contributed by atoms with Crippen molar-refractivity contribution in [1.29, 1.82) is 0 Å². The standard InChI is InChI=1S/C21H15Cl2N5O3S/c22-14-3-6-17(16(23)9-14)28-18(13-1-4-15(29)5-2-13)12-32-21(28)27-26-19(30)11-31-20-10-24-7-8-25-20/h1-10,12,29H,11H2,(H,26,30)/b27-21-. The van der Waals surface area contributed by atoms with Crippen LogP contribution in [0.1, 0.15) is 0 Å². The van der Waals surface area contributed by atoms with Crippen LogP contribution in [0.5, 0.6) is 11.6 Å². The summed E-state index contributed by atoms with van der Waals surface area (Å²) in [6.07, 6.45) is 4.38. The molecule has 2 heterocycles. The molecule has 1 amide bonds. The first-order valence-electron chi connectivity index (χ1n) is 9.18. The summed E-state index contributed by atoms with van der Waals surface area (Å²) in [4.78, 5) is 20.5. The number of carbonyl (C=O) groups excluding carboxylic acids is 1. The van der Waals surface area contributed by atoms with Gasteiger partial charge in [-0.1, -0.05) is 23.2 Å². The zero-order chi connectivity index (χ0) is 22.5. The molecule has 0 unspecified atom stereocenters. The molecule has 162 valence electrons. The number of rotatable bonds is 6. The van der Waals surface area contributed by atoms with Gasteiger partial charge in [-0.15, -0.1) is 16.4 Å². The highest BCUT2D eigenvalue weighted by Gasteiger charge is 2.14. The normalized spacial score (nSPS) is 11.4. The van der Waals surface area contributed by atoms with Crippen molar-refractivity contribution in [2.45, 2.75) is 0 Å². The monoisotopic (exact) mass is 487 g/mol. The highest BCUT2D eigenvalue weighted by Crippen LogP contribution is 2.30. The Hall–Kier alpha value is -3.40. The van der Waals surface area contributed by atoms with Gasteiger partial charge in [0, 0.05) is 22.8 Å². The predicted octanol–water partition coefficient (Wildman–Crippen LogP) is 4.02. The molecule has 0 aliphatic heterocycles. The number of halogens is 2. The summed E-state index contributed by atoms with van der Waals surface area (Å²) in [7, 11) is 0. The quantitative estimate of drug-likeness (QED) is 0.400. The molecular formula is C21H15Cl2N5O3S. The van der Waals surface area contributed by atoms with Crippen LogP contribution in [0.25, 0.3) is 16.9 Å². The third-order valence-corrected chi connectivity index (χ3v) is 5.55. The summed E-state index contributed by atoms with van der Waals surface area (Å²) < 4.78 is 7.07. The number of ether oxygens (including phenoxy) is 1. The molecule has 0 saturated carbocycles. The first-order chi connectivity index (χ1) is 15.5. The third kappa shape index (κ3) is 5.08. The molecule has 8 nitrogen and oxygen atoms in total. The largest absolute Gasteiger partial charge is 0.508 e. The molecule has 32 heavy (non-hydrogen) atoms. The first-order valence-corrected chi connectivity index (χ1v) is 10.8. The lowest BCUT2D eigenvalue weighted by Crippen LogP contribution is -2.28. The molecule has 0 radical (unpaired) electrons. The molecule has 0 spiro atoms. The second-order valence-corrected chi connectivity index (χ2v) is 8.04. The lowest BCUT2D eigenvalue weighted by atomic mass is 10.1. The van der Waals surface area contributed by atoms with Crippen LogP contribution in [0.15, 0.2) is 71.5 Å². The molecular weight excluding hydrogens is 473 g/mol. The minimum Gasteiger partial charge on any atom is -0.508 e. The zero-order valence-corrected chi connectivity index (χ0v) is 18.6. The molecule has 0 saturated heterocycles. The molecule has 4 aromatic rings. The first kappa shape index (κ1) is 21.8. The maximum Gasteiger partial charge on any atom is 0.278 e. The van der Waals surface area contributed by atoms with Gasteiger partial charge in [-0.3, -0.25) is 14.3 Å². The Bertz CT molecular complexity index is 1310. The van der Waals surface area contributed by atoms with Gasteiger partial charge in [0.2, 0.25) is 10.7 Å². The summed E-state index contributed by atoms with van der Waals surface area (Å²) in [5.74, 6) is -0.0827. The number of benzene rings is 2. The summed E-state index contributed by atoms with van der Waals surface area (Å²) >= 11 is 13.8. The number of nitrogens with zero attached hydrogens (tertiary/aromatic N) is 4. The second kappa shape index (κ2) is 9.82. The van der Waals surface area contributed by atoms with Gasteiger partial charge in [-0.2, -0.15) is 0 Å². The molecule has 0 atom stereocenters. The van der Waals surface area contributed by atoms with Gasteiger partial charge in [0.25, 0.3) is 5.91 Å². The molecule has 2 aromatic heterocycles. The molecule has 11 heteroatoms. The van der Waals surface area contributed by atoms with E-state index in [0.29, 0.717) is 20.5 Å². The Morgan fingerprint density at radius 1 is 1.19 bits per heavy atom. The second-order valence-electron chi connectivity index (χ2n) is 6.36. The number of aromatic hydroxyl groups is 1. The smallest absolute Gasteiger partial charge is 0.278 e. The van der Waals surface area contributed by atoms with Crippen LogP contribution in [-0.2, 0) is 4.79 Å². The SMILES string of the molecule is O=C(COc1cnccn1)N/N=c1\scc(-c2ccc(O)cc2)n1-c1ccc(Cl)cc1Cl. The minimum absolute atomic E-state index is 0.153. The highest BCUT2D eigenvalue weighted by atomic mass is 35.5. The number of hydrogen-bond donors (Lipinski definition) is 2. The Morgan fingerprint density at radius 3 is 2.72 bits per heavy atom. The van der Waals surface area contributed by atoms with Gasteiger partial charge in [0.05, 0.1) is 22.6 Å². The van der Waals surface area contributed by atoms with Crippen molar-refractivity contribution in [2.24, 2.45) is 5.10 Å². The summed E-state index contributed by atoms with van der Waals surface area (Å²) in [6.45, 7) is -0.278. The molecule has 4 rings (SSSR count). The molecule has 0 fully saturated rings.